The lowest BCUT2D eigenvalue weighted by molar-refractivity contribution is -0.143. The summed E-state index contributed by atoms with van der Waals surface area (Å²) >= 11 is 5.78. The van der Waals surface area contributed by atoms with Crippen LogP contribution in [0.2, 0.25) is 5.02 Å². The minimum Gasteiger partial charge on any atom is -0.466 e. The van der Waals surface area contributed by atoms with Crippen LogP contribution in [0.25, 0.3) is 11.2 Å². The van der Waals surface area contributed by atoms with Gasteiger partial charge in [0.2, 0.25) is 0 Å². The summed E-state index contributed by atoms with van der Waals surface area (Å²) in [6.45, 7) is 1.03. The van der Waals surface area contributed by atoms with Crippen LogP contribution in [0.5, 0.6) is 0 Å². The van der Waals surface area contributed by atoms with Gasteiger partial charge in [-0.15, -0.1) is 0 Å². The number of amides is 1. The Hall–Kier alpha value is -3.20. The minimum absolute atomic E-state index is 0.0943. The van der Waals surface area contributed by atoms with E-state index in [-0.39, 0.29) is 31.4 Å². The number of fused-ring (bicyclic) bond motifs is 1. The molecule has 3 rings (SSSR count). The van der Waals surface area contributed by atoms with Crippen LogP contribution < -0.4 is 11.1 Å². The summed E-state index contributed by atoms with van der Waals surface area (Å²) in [6, 6.07) is 6.51. The molecule has 9 nitrogen and oxygen atoms in total. The molecule has 0 saturated heterocycles. The van der Waals surface area contributed by atoms with Gasteiger partial charge in [0.15, 0.2) is 11.5 Å². The van der Waals surface area contributed by atoms with Crippen molar-refractivity contribution in [2.24, 2.45) is 0 Å². The van der Waals surface area contributed by atoms with Gasteiger partial charge in [-0.25, -0.2) is 15.0 Å². The Labute approximate surface area is 165 Å². The highest BCUT2D eigenvalue weighted by Gasteiger charge is 2.09. The first kappa shape index (κ1) is 19.6. The normalized spacial score (nSPS) is 10.8. The van der Waals surface area contributed by atoms with Gasteiger partial charge in [-0.05, 0) is 30.7 Å². The smallest absolute Gasteiger partial charge is 0.307 e. The fourth-order valence-electron chi connectivity index (χ4n) is 2.54. The number of nitrogens with one attached hydrogen (secondary N) is 1. The van der Waals surface area contributed by atoms with Gasteiger partial charge < -0.3 is 20.4 Å². The molecule has 0 bridgehead atoms. The van der Waals surface area contributed by atoms with E-state index in [9.17, 15) is 9.59 Å². The van der Waals surface area contributed by atoms with Crippen molar-refractivity contribution in [3.05, 3.63) is 47.5 Å². The first-order valence-corrected chi connectivity index (χ1v) is 9.03. The van der Waals surface area contributed by atoms with E-state index in [2.05, 4.69) is 20.3 Å². The van der Waals surface area contributed by atoms with Gasteiger partial charge in [0.05, 0.1) is 19.4 Å². The highest BCUT2D eigenvalue weighted by molar-refractivity contribution is 6.30. The number of carbonyl (C=O) groups excluding carboxylic acids is 2. The first-order valence-electron chi connectivity index (χ1n) is 8.65. The van der Waals surface area contributed by atoms with Crippen molar-refractivity contribution in [2.75, 3.05) is 18.9 Å². The number of imidazole rings is 1. The third-order valence-corrected chi connectivity index (χ3v) is 4.21. The number of hydrogen-bond donors (Lipinski definition) is 2. The zero-order valence-electron chi connectivity index (χ0n) is 15.0. The number of esters is 1. The standard InChI is InChI=1S/C18H19ClN6O3/c19-13-4-2-12(3-5-13)18(27)21-7-6-14(26)28-9-1-8-25-11-24-15-16(20)22-10-23-17(15)25/h2-5,10-11H,1,6-9H2,(H,21,27)(H2,20,22,23). The summed E-state index contributed by atoms with van der Waals surface area (Å²) in [5.74, 6) is -0.313. The van der Waals surface area contributed by atoms with Gasteiger partial charge in [-0.1, -0.05) is 11.6 Å². The highest BCUT2D eigenvalue weighted by atomic mass is 35.5. The summed E-state index contributed by atoms with van der Waals surface area (Å²) in [5.41, 5.74) is 7.42. The van der Waals surface area contributed by atoms with E-state index in [1.165, 1.54) is 6.33 Å². The van der Waals surface area contributed by atoms with Crippen LogP contribution in [-0.2, 0) is 16.1 Å². The molecule has 10 heteroatoms. The molecule has 0 atom stereocenters. The molecule has 0 aliphatic rings. The fraction of sp³-hybridized carbons (Fsp3) is 0.278. The van der Waals surface area contributed by atoms with Crippen molar-refractivity contribution in [1.82, 2.24) is 24.8 Å². The predicted molar refractivity (Wildman–Crippen MR) is 104 cm³/mol. The van der Waals surface area contributed by atoms with Crippen LogP contribution in [0, 0.1) is 0 Å². The largest absolute Gasteiger partial charge is 0.466 e. The molecule has 3 aromatic rings. The van der Waals surface area contributed by atoms with Crippen LogP contribution in [-0.4, -0.2) is 44.5 Å². The Kier molecular flexibility index (Phi) is 6.38. The lowest BCUT2D eigenvalue weighted by Crippen LogP contribution is -2.26. The molecule has 0 saturated carbocycles. The maximum atomic E-state index is 11.9. The second-order valence-corrected chi connectivity index (χ2v) is 6.39. The minimum atomic E-state index is -0.376. The van der Waals surface area contributed by atoms with E-state index < -0.39 is 0 Å². The van der Waals surface area contributed by atoms with Crippen molar-refractivity contribution < 1.29 is 14.3 Å². The van der Waals surface area contributed by atoms with E-state index in [1.807, 2.05) is 4.57 Å². The number of anilines is 1. The molecule has 0 radical (unpaired) electrons. The number of aryl methyl sites for hydroxylation is 1. The molecule has 1 amide bonds. The molecular weight excluding hydrogens is 384 g/mol. The number of benzene rings is 1. The number of hydrogen-bond acceptors (Lipinski definition) is 7. The van der Waals surface area contributed by atoms with Crippen LogP contribution in [0.1, 0.15) is 23.2 Å². The quantitative estimate of drug-likeness (QED) is 0.434. The zero-order valence-corrected chi connectivity index (χ0v) is 15.7. The fourth-order valence-corrected chi connectivity index (χ4v) is 2.66. The molecule has 0 aliphatic heterocycles. The van der Waals surface area contributed by atoms with E-state index in [0.29, 0.717) is 40.5 Å². The van der Waals surface area contributed by atoms with E-state index >= 15 is 0 Å². The summed E-state index contributed by atoms with van der Waals surface area (Å²) in [5, 5.41) is 3.22. The van der Waals surface area contributed by atoms with Gasteiger partial charge >= 0.3 is 5.97 Å². The van der Waals surface area contributed by atoms with Crippen LogP contribution >= 0.6 is 11.6 Å². The molecule has 28 heavy (non-hydrogen) atoms. The average molecular weight is 403 g/mol. The van der Waals surface area contributed by atoms with E-state index in [1.54, 1.807) is 30.6 Å². The topological polar surface area (TPSA) is 125 Å². The number of halogens is 1. The molecule has 3 N–H and O–H groups in total. The third-order valence-electron chi connectivity index (χ3n) is 3.96. The number of carbonyl (C=O) groups is 2. The Morgan fingerprint density at radius 1 is 1.18 bits per heavy atom. The summed E-state index contributed by atoms with van der Waals surface area (Å²) in [7, 11) is 0. The molecule has 0 unspecified atom stereocenters. The Balaban J connectivity index is 1.35. The van der Waals surface area contributed by atoms with Crippen LogP contribution in [0.4, 0.5) is 5.82 Å². The molecule has 2 heterocycles. The maximum absolute atomic E-state index is 11.9. The van der Waals surface area contributed by atoms with Gasteiger partial charge in [0, 0.05) is 23.7 Å². The van der Waals surface area contributed by atoms with Crippen molar-refractivity contribution in [1.29, 1.82) is 0 Å². The highest BCUT2D eigenvalue weighted by Crippen LogP contribution is 2.14. The second kappa shape index (κ2) is 9.14. The maximum Gasteiger partial charge on any atom is 0.307 e. The molecule has 2 aromatic heterocycles. The van der Waals surface area contributed by atoms with Crippen molar-refractivity contribution in [3.8, 4) is 0 Å². The number of nitrogens with zero attached hydrogens (tertiary/aromatic N) is 4. The predicted octanol–water partition coefficient (Wildman–Crippen LogP) is 1.82. The number of ether oxygens (including phenoxy) is 1. The third kappa shape index (κ3) is 4.95. The van der Waals surface area contributed by atoms with Crippen LogP contribution in [0.3, 0.4) is 0 Å². The number of nitrogen functional groups attached to an aromatic ring is 1. The molecule has 0 spiro atoms. The van der Waals surface area contributed by atoms with Crippen molar-refractivity contribution in [3.63, 3.8) is 0 Å². The van der Waals surface area contributed by atoms with Gasteiger partial charge in [-0.2, -0.15) is 0 Å². The Bertz CT molecular complexity index is 973. The monoisotopic (exact) mass is 402 g/mol. The molecule has 0 aliphatic carbocycles. The molecular formula is C18H19ClN6O3. The number of nitrogens with two attached hydrogens (primary N) is 1. The molecule has 0 fully saturated rings. The summed E-state index contributed by atoms with van der Waals surface area (Å²) in [6.07, 6.45) is 3.70. The summed E-state index contributed by atoms with van der Waals surface area (Å²) < 4.78 is 7.01. The Morgan fingerprint density at radius 2 is 1.96 bits per heavy atom. The summed E-state index contributed by atoms with van der Waals surface area (Å²) in [4.78, 5) is 35.9. The van der Waals surface area contributed by atoms with Crippen molar-refractivity contribution in [2.45, 2.75) is 19.4 Å². The molecule has 146 valence electrons. The Morgan fingerprint density at radius 3 is 2.75 bits per heavy atom. The van der Waals surface area contributed by atoms with Crippen molar-refractivity contribution >= 4 is 40.5 Å². The van der Waals surface area contributed by atoms with Crippen LogP contribution in [0.15, 0.2) is 36.9 Å². The lowest BCUT2D eigenvalue weighted by Gasteiger charge is -2.07. The SMILES string of the molecule is Nc1ncnc2c1ncn2CCCOC(=O)CCNC(=O)c1ccc(Cl)cc1. The van der Waals surface area contributed by atoms with Gasteiger partial charge in [-0.3, -0.25) is 9.59 Å². The first-order chi connectivity index (χ1) is 13.5. The molecule has 1 aromatic carbocycles. The van der Waals surface area contributed by atoms with Gasteiger partial charge in [0.1, 0.15) is 11.8 Å². The van der Waals surface area contributed by atoms with Gasteiger partial charge in [0.25, 0.3) is 5.91 Å². The number of aromatic nitrogens is 4. The van der Waals surface area contributed by atoms with E-state index in [4.69, 9.17) is 22.1 Å². The zero-order chi connectivity index (χ0) is 19.9. The second-order valence-electron chi connectivity index (χ2n) is 5.96. The average Bonchev–Trinajstić information content (AvgIpc) is 3.10. The number of rotatable bonds is 8. The lowest BCUT2D eigenvalue weighted by atomic mass is 10.2. The van der Waals surface area contributed by atoms with E-state index in [0.717, 1.165) is 0 Å².